The number of nitrogens with zero attached hydrogens (tertiary/aromatic N) is 2. The van der Waals surface area contributed by atoms with Crippen LogP contribution in [0.15, 0.2) is 35.7 Å². The average molecular weight is 335 g/mol. The summed E-state index contributed by atoms with van der Waals surface area (Å²) in [6, 6.07) is 9.96. The topological polar surface area (TPSA) is 23.6 Å². The smallest absolute Gasteiger partial charge is 0.264 e. The first-order chi connectivity index (χ1) is 10.6. The predicted molar refractivity (Wildman–Crippen MR) is 91.7 cm³/mol. The standard InChI is InChI=1S/C17H19ClN2OS/c1-13-6-11-22-16(13)17(21)20-9-7-19(8-10-20)12-14-4-2-3-5-15(14)18/h2-6,11H,7-10,12H2,1H3. The highest BCUT2D eigenvalue weighted by Gasteiger charge is 2.24. The van der Waals surface area contributed by atoms with Gasteiger partial charge in [0.15, 0.2) is 0 Å². The molecule has 1 aromatic carbocycles. The van der Waals surface area contributed by atoms with Crippen molar-refractivity contribution in [1.29, 1.82) is 0 Å². The molecule has 3 nitrogen and oxygen atoms in total. The fourth-order valence-electron chi connectivity index (χ4n) is 2.71. The molecule has 22 heavy (non-hydrogen) atoms. The first-order valence-corrected chi connectivity index (χ1v) is 8.70. The first kappa shape index (κ1) is 15.5. The monoisotopic (exact) mass is 334 g/mol. The summed E-state index contributed by atoms with van der Waals surface area (Å²) in [5.74, 6) is 0.171. The summed E-state index contributed by atoms with van der Waals surface area (Å²) >= 11 is 7.75. The minimum atomic E-state index is 0.171. The lowest BCUT2D eigenvalue weighted by Crippen LogP contribution is -2.48. The molecule has 1 aliphatic rings. The van der Waals surface area contributed by atoms with Gasteiger partial charge in [-0.1, -0.05) is 29.8 Å². The number of rotatable bonds is 3. The van der Waals surface area contributed by atoms with Crippen molar-refractivity contribution < 1.29 is 4.79 Å². The molecule has 0 radical (unpaired) electrons. The summed E-state index contributed by atoms with van der Waals surface area (Å²) in [6.07, 6.45) is 0. The second-order valence-corrected chi connectivity index (χ2v) is 6.92. The Kier molecular flexibility index (Phi) is 4.81. The van der Waals surface area contributed by atoms with E-state index < -0.39 is 0 Å². The zero-order chi connectivity index (χ0) is 15.5. The SMILES string of the molecule is Cc1ccsc1C(=O)N1CCN(Cc2ccccc2Cl)CC1. The Bertz CT molecular complexity index is 662. The molecule has 0 spiro atoms. The third-order valence-electron chi connectivity index (χ3n) is 4.07. The van der Waals surface area contributed by atoms with E-state index in [1.54, 1.807) is 0 Å². The number of aryl methyl sites for hydroxylation is 1. The Labute approximate surface area is 140 Å². The molecular weight excluding hydrogens is 316 g/mol. The third kappa shape index (κ3) is 3.35. The number of benzene rings is 1. The summed E-state index contributed by atoms with van der Waals surface area (Å²) in [7, 11) is 0. The van der Waals surface area contributed by atoms with E-state index in [1.807, 2.05) is 41.5 Å². The molecule has 0 aliphatic carbocycles. The predicted octanol–water partition coefficient (Wildman–Crippen LogP) is 3.67. The minimum Gasteiger partial charge on any atom is -0.335 e. The lowest BCUT2D eigenvalue weighted by molar-refractivity contribution is 0.0632. The van der Waals surface area contributed by atoms with E-state index in [0.717, 1.165) is 53.8 Å². The molecule has 1 aliphatic heterocycles. The number of amides is 1. The van der Waals surface area contributed by atoms with Crippen molar-refractivity contribution in [2.24, 2.45) is 0 Å². The molecule has 1 saturated heterocycles. The second-order valence-electron chi connectivity index (χ2n) is 5.59. The third-order valence-corrected chi connectivity index (χ3v) is 5.44. The van der Waals surface area contributed by atoms with E-state index in [2.05, 4.69) is 11.0 Å². The van der Waals surface area contributed by atoms with Crippen molar-refractivity contribution in [1.82, 2.24) is 9.80 Å². The van der Waals surface area contributed by atoms with Crippen LogP contribution in [0.3, 0.4) is 0 Å². The van der Waals surface area contributed by atoms with Gasteiger partial charge in [-0.2, -0.15) is 0 Å². The highest BCUT2D eigenvalue weighted by Crippen LogP contribution is 2.21. The van der Waals surface area contributed by atoms with Crippen LogP contribution in [0.1, 0.15) is 20.8 Å². The molecule has 1 fully saturated rings. The van der Waals surface area contributed by atoms with Crippen molar-refractivity contribution in [2.45, 2.75) is 13.5 Å². The van der Waals surface area contributed by atoms with E-state index in [0.29, 0.717) is 0 Å². The number of carbonyl (C=O) groups excluding carboxylic acids is 1. The van der Waals surface area contributed by atoms with E-state index in [1.165, 1.54) is 11.3 Å². The summed E-state index contributed by atoms with van der Waals surface area (Å²) in [5, 5.41) is 2.80. The fourth-order valence-corrected chi connectivity index (χ4v) is 3.80. The van der Waals surface area contributed by atoms with Crippen molar-refractivity contribution in [3.8, 4) is 0 Å². The molecular formula is C17H19ClN2OS. The zero-order valence-electron chi connectivity index (χ0n) is 12.6. The van der Waals surface area contributed by atoms with Crippen LogP contribution in [0.4, 0.5) is 0 Å². The van der Waals surface area contributed by atoms with Crippen LogP contribution in [-0.4, -0.2) is 41.9 Å². The van der Waals surface area contributed by atoms with Gasteiger partial charge >= 0.3 is 0 Å². The van der Waals surface area contributed by atoms with Crippen LogP contribution in [0.2, 0.25) is 5.02 Å². The zero-order valence-corrected chi connectivity index (χ0v) is 14.2. The van der Waals surface area contributed by atoms with E-state index in [-0.39, 0.29) is 5.91 Å². The lowest BCUT2D eigenvalue weighted by Gasteiger charge is -2.34. The molecule has 1 aromatic heterocycles. The maximum atomic E-state index is 12.5. The second kappa shape index (κ2) is 6.82. The molecule has 0 bridgehead atoms. The highest BCUT2D eigenvalue weighted by molar-refractivity contribution is 7.12. The van der Waals surface area contributed by atoms with Crippen molar-refractivity contribution in [2.75, 3.05) is 26.2 Å². The summed E-state index contributed by atoms with van der Waals surface area (Å²) < 4.78 is 0. The Morgan fingerprint density at radius 1 is 1.18 bits per heavy atom. The Balaban J connectivity index is 1.58. The van der Waals surface area contributed by atoms with Gasteiger partial charge in [0.05, 0.1) is 4.88 Å². The van der Waals surface area contributed by atoms with Crippen LogP contribution in [0.5, 0.6) is 0 Å². The lowest BCUT2D eigenvalue weighted by atomic mass is 10.2. The fraction of sp³-hybridized carbons (Fsp3) is 0.353. The largest absolute Gasteiger partial charge is 0.335 e. The Morgan fingerprint density at radius 2 is 1.91 bits per heavy atom. The van der Waals surface area contributed by atoms with Crippen LogP contribution in [-0.2, 0) is 6.54 Å². The van der Waals surface area contributed by atoms with Gasteiger partial charge < -0.3 is 4.90 Å². The Hall–Kier alpha value is -1.36. The van der Waals surface area contributed by atoms with Crippen molar-refractivity contribution in [3.05, 3.63) is 56.7 Å². The van der Waals surface area contributed by atoms with Gasteiger partial charge in [0.25, 0.3) is 5.91 Å². The van der Waals surface area contributed by atoms with Crippen LogP contribution in [0.25, 0.3) is 0 Å². The van der Waals surface area contributed by atoms with Gasteiger partial charge in [0.2, 0.25) is 0 Å². The average Bonchev–Trinajstić information content (AvgIpc) is 2.96. The first-order valence-electron chi connectivity index (χ1n) is 7.44. The van der Waals surface area contributed by atoms with Gasteiger partial charge in [-0.25, -0.2) is 0 Å². The number of carbonyl (C=O) groups is 1. The maximum absolute atomic E-state index is 12.5. The van der Waals surface area contributed by atoms with Gasteiger partial charge in [-0.05, 0) is 35.6 Å². The van der Waals surface area contributed by atoms with E-state index in [4.69, 9.17) is 11.6 Å². The molecule has 0 N–H and O–H groups in total. The quantitative estimate of drug-likeness (QED) is 0.855. The highest BCUT2D eigenvalue weighted by atomic mass is 35.5. The van der Waals surface area contributed by atoms with Gasteiger partial charge in [0, 0.05) is 37.7 Å². The molecule has 5 heteroatoms. The molecule has 1 amide bonds. The molecule has 3 rings (SSSR count). The molecule has 0 unspecified atom stereocenters. The minimum absolute atomic E-state index is 0.171. The number of thiophene rings is 1. The molecule has 116 valence electrons. The van der Waals surface area contributed by atoms with Crippen LogP contribution >= 0.6 is 22.9 Å². The molecule has 0 saturated carbocycles. The Morgan fingerprint density at radius 3 is 2.55 bits per heavy atom. The number of hydrogen-bond acceptors (Lipinski definition) is 3. The summed E-state index contributed by atoms with van der Waals surface area (Å²) in [4.78, 5) is 17.7. The van der Waals surface area contributed by atoms with Gasteiger partial charge in [-0.15, -0.1) is 11.3 Å². The van der Waals surface area contributed by atoms with Crippen LogP contribution in [0, 0.1) is 6.92 Å². The normalized spacial score (nSPS) is 16.0. The molecule has 2 heterocycles. The van der Waals surface area contributed by atoms with Crippen LogP contribution < -0.4 is 0 Å². The van der Waals surface area contributed by atoms with Crippen molar-refractivity contribution in [3.63, 3.8) is 0 Å². The summed E-state index contributed by atoms with van der Waals surface area (Å²) in [5.41, 5.74) is 2.23. The number of piperazine rings is 1. The molecule has 2 aromatic rings. The maximum Gasteiger partial charge on any atom is 0.264 e. The van der Waals surface area contributed by atoms with Crippen molar-refractivity contribution >= 4 is 28.8 Å². The van der Waals surface area contributed by atoms with E-state index in [9.17, 15) is 4.79 Å². The molecule has 0 atom stereocenters. The number of halogens is 1. The number of hydrogen-bond donors (Lipinski definition) is 0. The van der Waals surface area contributed by atoms with Gasteiger partial charge in [0.1, 0.15) is 0 Å². The van der Waals surface area contributed by atoms with E-state index >= 15 is 0 Å². The van der Waals surface area contributed by atoms with Gasteiger partial charge in [-0.3, -0.25) is 9.69 Å². The summed E-state index contributed by atoms with van der Waals surface area (Å²) in [6.45, 7) is 6.18.